The summed E-state index contributed by atoms with van der Waals surface area (Å²) in [5, 5.41) is 17.9. The number of esters is 1. The summed E-state index contributed by atoms with van der Waals surface area (Å²) in [4.78, 5) is 11.2. The van der Waals surface area contributed by atoms with E-state index in [9.17, 15) is 4.79 Å². The van der Waals surface area contributed by atoms with Gasteiger partial charge in [0, 0.05) is 0 Å². The van der Waals surface area contributed by atoms with E-state index >= 15 is 0 Å². The molecule has 0 aliphatic rings. The van der Waals surface area contributed by atoms with Crippen LogP contribution in [0.25, 0.3) is 0 Å². The molecule has 0 unspecified atom stereocenters. The lowest BCUT2D eigenvalue weighted by molar-refractivity contribution is 0.0600. The van der Waals surface area contributed by atoms with Crippen molar-refractivity contribution in [1.82, 2.24) is 0 Å². The fraction of sp³-hybridized carbons (Fsp3) is 0.273. The average molecular weight is 205 g/mol. The molecule has 1 N–H and O–H groups in total. The molecule has 0 heterocycles. The molecular formula is C11H11NO3. The molecule has 0 fully saturated rings. The fourth-order valence-electron chi connectivity index (χ4n) is 1.36. The maximum atomic E-state index is 11.2. The van der Waals surface area contributed by atoms with Crippen LogP contribution in [0.2, 0.25) is 0 Å². The highest BCUT2D eigenvalue weighted by molar-refractivity contribution is 5.90. The van der Waals surface area contributed by atoms with Crippen molar-refractivity contribution >= 4 is 5.97 Å². The SMILES string of the molecule is COC(=O)c1cc(C)c(CO)c(C#N)c1. The van der Waals surface area contributed by atoms with E-state index in [1.807, 2.05) is 6.07 Å². The van der Waals surface area contributed by atoms with E-state index < -0.39 is 5.97 Å². The summed E-state index contributed by atoms with van der Waals surface area (Å²) in [7, 11) is 1.28. The second-order valence-corrected chi connectivity index (χ2v) is 3.08. The molecule has 0 aliphatic carbocycles. The van der Waals surface area contributed by atoms with Crippen molar-refractivity contribution in [2.24, 2.45) is 0 Å². The van der Waals surface area contributed by atoms with E-state index in [-0.39, 0.29) is 6.61 Å². The zero-order valence-corrected chi connectivity index (χ0v) is 8.57. The van der Waals surface area contributed by atoms with Gasteiger partial charge in [0.05, 0.1) is 30.9 Å². The molecule has 15 heavy (non-hydrogen) atoms. The largest absolute Gasteiger partial charge is 0.465 e. The van der Waals surface area contributed by atoms with Crippen LogP contribution < -0.4 is 0 Å². The van der Waals surface area contributed by atoms with Gasteiger partial charge in [0.15, 0.2) is 0 Å². The van der Waals surface area contributed by atoms with Crippen molar-refractivity contribution in [3.8, 4) is 6.07 Å². The third-order valence-corrected chi connectivity index (χ3v) is 2.17. The summed E-state index contributed by atoms with van der Waals surface area (Å²) < 4.78 is 4.55. The quantitative estimate of drug-likeness (QED) is 0.735. The van der Waals surface area contributed by atoms with E-state index in [0.29, 0.717) is 22.3 Å². The van der Waals surface area contributed by atoms with Crippen molar-refractivity contribution in [3.63, 3.8) is 0 Å². The summed E-state index contributed by atoms with van der Waals surface area (Å²) in [6.45, 7) is 1.52. The molecule has 4 nitrogen and oxygen atoms in total. The Kier molecular flexibility index (Phi) is 3.42. The number of rotatable bonds is 2. The predicted octanol–water partition coefficient (Wildman–Crippen LogP) is 1.15. The van der Waals surface area contributed by atoms with Crippen LogP contribution in [0.3, 0.4) is 0 Å². The Morgan fingerprint density at radius 1 is 1.60 bits per heavy atom. The van der Waals surface area contributed by atoms with Gasteiger partial charge in [0.2, 0.25) is 0 Å². The van der Waals surface area contributed by atoms with Gasteiger partial charge in [-0.1, -0.05) is 0 Å². The third kappa shape index (κ3) is 2.14. The molecule has 78 valence electrons. The Hall–Kier alpha value is -1.86. The normalized spacial score (nSPS) is 9.47. The molecule has 1 aromatic carbocycles. The van der Waals surface area contributed by atoms with Gasteiger partial charge < -0.3 is 9.84 Å². The number of hydrogen-bond donors (Lipinski definition) is 1. The number of ether oxygens (including phenoxy) is 1. The van der Waals surface area contributed by atoms with Crippen LogP contribution in [0, 0.1) is 18.3 Å². The van der Waals surface area contributed by atoms with Crippen LogP contribution in [0.5, 0.6) is 0 Å². The molecule has 0 spiro atoms. The number of methoxy groups -OCH3 is 1. The lowest BCUT2D eigenvalue weighted by Crippen LogP contribution is -2.04. The summed E-state index contributed by atoms with van der Waals surface area (Å²) >= 11 is 0. The van der Waals surface area contributed by atoms with Crippen LogP contribution in [-0.2, 0) is 11.3 Å². The fourth-order valence-corrected chi connectivity index (χ4v) is 1.36. The zero-order chi connectivity index (χ0) is 11.4. The molecule has 0 radical (unpaired) electrons. The van der Waals surface area contributed by atoms with Crippen LogP contribution >= 0.6 is 0 Å². The molecule has 0 atom stereocenters. The van der Waals surface area contributed by atoms with E-state index in [4.69, 9.17) is 10.4 Å². The first-order chi connectivity index (χ1) is 7.13. The van der Waals surface area contributed by atoms with E-state index in [1.54, 1.807) is 13.0 Å². The monoisotopic (exact) mass is 205 g/mol. The maximum absolute atomic E-state index is 11.2. The molecule has 4 heteroatoms. The van der Waals surface area contributed by atoms with Gasteiger partial charge in [-0.2, -0.15) is 5.26 Å². The highest BCUT2D eigenvalue weighted by atomic mass is 16.5. The Morgan fingerprint density at radius 3 is 2.73 bits per heavy atom. The summed E-state index contributed by atoms with van der Waals surface area (Å²) in [5.74, 6) is -0.487. The number of carbonyl (C=O) groups excluding carboxylic acids is 1. The van der Waals surface area contributed by atoms with Crippen molar-refractivity contribution in [3.05, 3.63) is 34.4 Å². The summed E-state index contributed by atoms with van der Waals surface area (Å²) in [6, 6.07) is 4.96. The minimum Gasteiger partial charge on any atom is -0.465 e. The molecule has 0 saturated heterocycles. The van der Waals surface area contributed by atoms with Crippen LogP contribution in [0.1, 0.15) is 27.0 Å². The Morgan fingerprint density at radius 2 is 2.27 bits per heavy atom. The van der Waals surface area contributed by atoms with Crippen LogP contribution in [-0.4, -0.2) is 18.2 Å². The average Bonchev–Trinajstić information content (AvgIpc) is 2.26. The molecule has 0 saturated carbocycles. The molecule has 0 aliphatic heterocycles. The number of nitriles is 1. The second kappa shape index (κ2) is 4.58. The number of benzene rings is 1. The smallest absolute Gasteiger partial charge is 0.337 e. The van der Waals surface area contributed by atoms with Crippen LogP contribution in [0.15, 0.2) is 12.1 Å². The predicted molar refractivity (Wildman–Crippen MR) is 53.2 cm³/mol. The Balaban J connectivity index is 3.33. The number of nitrogens with zero attached hydrogens (tertiary/aromatic N) is 1. The van der Waals surface area contributed by atoms with E-state index in [1.165, 1.54) is 13.2 Å². The lowest BCUT2D eigenvalue weighted by atomic mass is 9.99. The van der Waals surface area contributed by atoms with Crippen molar-refractivity contribution in [2.75, 3.05) is 7.11 Å². The molecule has 0 aromatic heterocycles. The minimum absolute atomic E-state index is 0.212. The maximum Gasteiger partial charge on any atom is 0.337 e. The summed E-state index contributed by atoms with van der Waals surface area (Å²) in [5.41, 5.74) is 1.88. The second-order valence-electron chi connectivity index (χ2n) is 3.08. The van der Waals surface area contributed by atoms with Gasteiger partial charge in [-0.25, -0.2) is 4.79 Å². The Labute approximate surface area is 87.7 Å². The summed E-state index contributed by atoms with van der Waals surface area (Å²) in [6.07, 6.45) is 0. The van der Waals surface area contributed by atoms with Crippen molar-refractivity contribution in [2.45, 2.75) is 13.5 Å². The zero-order valence-electron chi connectivity index (χ0n) is 8.57. The molecule has 0 bridgehead atoms. The third-order valence-electron chi connectivity index (χ3n) is 2.17. The van der Waals surface area contributed by atoms with Gasteiger partial charge in [0.1, 0.15) is 0 Å². The Bertz CT molecular complexity index is 432. The number of aliphatic hydroxyl groups is 1. The van der Waals surface area contributed by atoms with Gasteiger partial charge in [0.25, 0.3) is 0 Å². The molecule has 1 rings (SSSR count). The highest BCUT2D eigenvalue weighted by Crippen LogP contribution is 2.17. The van der Waals surface area contributed by atoms with Crippen molar-refractivity contribution in [1.29, 1.82) is 5.26 Å². The lowest BCUT2D eigenvalue weighted by Gasteiger charge is -2.07. The van der Waals surface area contributed by atoms with Gasteiger partial charge in [-0.3, -0.25) is 0 Å². The van der Waals surface area contributed by atoms with E-state index in [2.05, 4.69) is 4.74 Å². The molecule has 0 amide bonds. The van der Waals surface area contributed by atoms with Crippen LogP contribution in [0.4, 0.5) is 0 Å². The van der Waals surface area contributed by atoms with Gasteiger partial charge >= 0.3 is 5.97 Å². The van der Waals surface area contributed by atoms with Gasteiger partial charge in [-0.15, -0.1) is 0 Å². The van der Waals surface area contributed by atoms with E-state index in [0.717, 1.165) is 0 Å². The number of hydrogen-bond acceptors (Lipinski definition) is 4. The topological polar surface area (TPSA) is 70.3 Å². The standard InChI is InChI=1S/C11H11NO3/c1-7-3-8(11(14)15-2)4-9(5-12)10(7)6-13/h3-4,13H,6H2,1-2H3. The highest BCUT2D eigenvalue weighted by Gasteiger charge is 2.12. The first kappa shape index (κ1) is 11.2. The number of carbonyl (C=O) groups is 1. The van der Waals surface area contributed by atoms with Gasteiger partial charge in [-0.05, 0) is 30.2 Å². The van der Waals surface area contributed by atoms with Crippen molar-refractivity contribution < 1.29 is 14.6 Å². The first-order valence-corrected chi connectivity index (χ1v) is 4.36. The minimum atomic E-state index is -0.487. The molecule has 1 aromatic rings. The number of aliphatic hydroxyl groups excluding tert-OH is 1. The molecular weight excluding hydrogens is 194 g/mol. The first-order valence-electron chi connectivity index (χ1n) is 4.36. The number of aryl methyl sites for hydroxylation is 1.